The highest BCUT2D eigenvalue weighted by atomic mass is 32.2. The molecule has 0 saturated carbocycles. The fourth-order valence-electron chi connectivity index (χ4n) is 3.46. The number of nitrogens with one attached hydrogen (secondary N) is 1. The molecule has 3 aromatic rings. The summed E-state index contributed by atoms with van der Waals surface area (Å²) in [5.74, 6) is -0.881. The molecule has 2 aromatic heterocycles. The number of aromatic nitrogens is 2. The van der Waals surface area contributed by atoms with E-state index >= 15 is 0 Å². The highest BCUT2D eigenvalue weighted by molar-refractivity contribution is 8.18. The molecule has 1 saturated heterocycles. The van der Waals surface area contributed by atoms with Gasteiger partial charge in [0.25, 0.3) is 11.1 Å². The van der Waals surface area contributed by atoms with Crippen LogP contribution in [0.2, 0.25) is 0 Å². The summed E-state index contributed by atoms with van der Waals surface area (Å²) in [7, 11) is 0. The lowest BCUT2D eigenvalue weighted by Gasteiger charge is -2.12. The van der Waals surface area contributed by atoms with Crippen molar-refractivity contribution in [2.45, 2.75) is 13.8 Å². The van der Waals surface area contributed by atoms with Gasteiger partial charge >= 0.3 is 0 Å². The number of pyridine rings is 1. The van der Waals surface area contributed by atoms with Gasteiger partial charge in [-0.25, -0.2) is 9.37 Å². The molecule has 1 fully saturated rings. The average molecular weight is 450 g/mol. The zero-order chi connectivity index (χ0) is 22.8. The largest absolute Gasteiger partial charge is 0.324 e. The van der Waals surface area contributed by atoms with E-state index in [0.717, 1.165) is 45.5 Å². The summed E-state index contributed by atoms with van der Waals surface area (Å²) < 4.78 is 15.3. The number of carbonyl (C=O) groups excluding carboxylic acids is 3. The van der Waals surface area contributed by atoms with Crippen LogP contribution in [0, 0.1) is 19.7 Å². The molecule has 4 rings (SSSR count). The molecule has 0 bridgehead atoms. The van der Waals surface area contributed by atoms with Crippen LogP contribution in [0.3, 0.4) is 0 Å². The molecule has 1 aliphatic heterocycles. The quantitative estimate of drug-likeness (QED) is 0.586. The number of nitrogens with zero attached hydrogens (tertiary/aromatic N) is 3. The average Bonchev–Trinajstić information content (AvgIpc) is 3.18. The fourth-order valence-corrected chi connectivity index (χ4v) is 4.29. The molecule has 1 N–H and O–H groups in total. The minimum absolute atomic E-state index is 0.231. The zero-order valence-corrected chi connectivity index (χ0v) is 18.1. The molecule has 0 atom stereocenters. The second-order valence-corrected chi connectivity index (χ2v) is 8.17. The van der Waals surface area contributed by atoms with Crippen LogP contribution in [0.5, 0.6) is 0 Å². The predicted octanol–water partition coefficient (Wildman–Crippen LogP) is 4.30. The van der Waals surface area contributed by atoms with Crippen molar-refractivity contribution in [1.82, 2.24) is 14.5 Å². The van der Waals surface area contributed by atoms with Gasteiger partial charge in [-0.1, -0.05) is 12.1 Å². The summed E-state index contributed by atoms with van der Waals surface area (Å²) in [6.07, 6.45) is 3.35. The van der Waals surface area contributed by atoms with Crippen LogP contribution < -0.4 is 5.32 Å². The van der Waals surface area contributed by atoms with E-state index in [9.17, 15) is 18.8 Å². The fraction of sp³-hybridized carbons (Fsp3) is 0.130. The number of halogens is 1. The number of hydrogen-bond acceptors (Lipinski definition) is 5. The van der Waals surface area contributed by atoms with Crippen molar-refractivity contribution in [3.63, 3.8) is 0 Å². The molecule has 1 aliphatic rings. The van der Waals surface area contributed by atoms with E-state index < -0.39 is 29.4 Å². The molecule has 3 amide bonds. The zero-order valence-electron chi connectivity index (χ0n) is 17.3. The van der Waals surface area contributed by atoms with Gasteiger partial charge in [-0.3, -0.25) is 19.3 Å². The standard InChI is InChI=1S/C23H19FN4O3S/c1-14-10-16(15(2)28(14)20-8-3-4-9-25-20)11-19-22(30)27(23(31)32-19)13-21(29)26-18-7-5-6-17(24)12-18/h3-12H,13H2,1-2H3,(H,26,29)/b19-11+. The number of carbonyl (C=O) groups is 3. The molecule has 0 unspecified atom stereocenters. The first-order valence-corrected chi connectivity index (χ1v) is 10.6. The first kappa shape index (κ1) is 21.5. The first-order valence-electron chi connectivity index (χ1n) is 9.74. The van der Waals surface area contributed by atoms with E-state index in [1.165, 1.54) is 18.2 Å². The number of benzene rings is 1. The van der Waals surface area contributed by atoms with Gasteiger partial charge in [0.1, 0.15) is 18.2 Å². The van der Waals surface area contributed by atoms with Crippen LogP contribution in [0.4, 0.5) is 14.9 Å². The summed E-state index contributed by atoms with van der Waals surface area (Å²) in [5, 5.41) is 1.96. The van der Waals surface area contributed by atoms with E-state index in [4.69, 9.17) is 0 Å². The Balaban J connectivity index is 1.52. The lowest BCUT2D eigenvalue weighted by atomic mass is 10.2. The molecule has 0 radical (unpaired) electrons. The van der Waals surface area contributed by atoms with E-state index in [1.54, 1.807) is 12.3 Å². The maximum atomic E-state index is 13.3. The first-order chi connectivity index (χ1) is 15.3. The monoisotopic (exact) mass is 450 g/mol. The van der Waals surface area contributed by atoms with Crippen LogP contribution in [0.1, 0.15) is 17.0 Å². The lowest BCUT2D eigenvalue weighted by Crippen LogP contribution is -2.36. The molecule has 1 aromatic carbocycles. The summed E-state index contributed by atoms with van der Waals surface area (Å²) in [6.45, 7) is 3.39. The minimum Gasteiger partial charge on any atom is -0.324 e. The third kappa shape index (κ3) is 4.33. The maximum absolute atomic E-state index is 13.3. The summed E-state index contributed by atoms with van der Waals surface area (Å²) in [4.78, 5) is 42.9. The highest BCUT2D eigenvalue weighted by Gasteiger charge is 2.36. The predicted molar refractivity (Wildman–Crippen MR) is 121 cm³/mol. The number of imide groups is 1. The molecule has 32 heavy (non-hydrogen) atoms. The molecule has 0 spiro atoms. The smallest absolute Gasteiger partial charge is 0.294 e. The van der Waals surface area contributed by atoms with Gasteiger partial charge in [0.05, 0.1) is 4.91 Å². The molecular formula is C23H19FN4O3S. The van der Waals surface area contributed by atoms with Crippen molar-refractivity contribution in [3.05, 3.63) is 82.4 Å². The summed E-state index contributed by atoms with van der Waals surface area (Å²) in [6, 6.07) is 12.9. The number of rotatable bonds is 5. The van der Waals surface area contributed by atoms with Gasteiger partial charge in [0, 0.05) is 23.3 Å². The maximum Gasteiger partial charge on any atom is 0.294 e. The third-order valence-electron chi connectivity index (χ3n) is 4.92. The Hall–Kier alpha value is -3.72. The molecule has 7 nitrogen and oxygen atoms in total. The van der Waals surface area contributed by atoms with Crippen molar-refractivity contribution >= 4 is 40.6 Å². The van der Waals surface area contributed by atoms with Gasteiger partial charge in [-0.15, -0.1) is 0 Å². The second kappa shape index (κ2) is 8.80. The Morgan fingerprint density at radius 1 is 1.16 bits per heavy atom. The second-order valence-electron chi connectivity index (χ2n) is 7.18. The van der Waals surface area contributed by atoms with Crippen molar-refractivity contribution in [1.29, 1.82) is 0 Å². The van der Waals surface area contributed by atoms with Crippen molar-refractivity contribution in [2.24, 2.45) is 0 Å². The van der Waals surface area contributed by atoms with Crippen molar-refractivity contribution in [3.8, 4) is 5.82 Å². The number of hydrogen-bond donors (Lipinski definition) is 1. The summed E-state index contributed by atoms with van der Waals surface area (Å²) in [5.41, 5.74) is 2.83. The van der Waals surface area contributed by atoms with Crippen molar-refractivity contribution < 1.29 is 18.8 Å². The Kier molecular flexibility index (Phi) is 5.91. The molecule has 162 valence electrons. The van der Waals surface area contributed by atoms with Gasteiger partial charge < -0.3 is 9.88 Å². The number of thioether (sulfide) groups is 1. The van der Waals surface area contributed by atoms with Crippen LogP contribution in [0.25, 0.3) is 11.9 Å². The van der Waals surface area contributed by atoms with Crippen molar-refractivity contribution in [2.75, 3.05) is 11.9 Å². The Labute approximate surface area is 187 Å². The van der Waals surface area contributed by atoms with Crippen LogP contribution >= 0.6 is 11.8 Å². The third-order valence-corrected chi connectivity index (χ3v) is 5.83. The van der Waals surface area contributed by atoms with Gasteiger partial charge in [0.15, 0.2) is 0 Å². The van der Waals surface area contributed by atoms with Gasteiger partial charge in [-0.05, 0) is 73.6 Å². The Morgan fingerprint density at radius 2 is 1.97 bits per heavy atom. The van der Waals surface area contributed by atoms with Crippen LogP contribution in [-0.4, -0.2) is 38.0 Å². The number of amides is 3. The Morgan fingerprint density at radius 3 is 2.69 bits per heavy atom. The molecule has 3 heterocycles. The normalized spacial score (nSPS) is 15.0. The van der Waals surface area contributed by atoms with Gasteiger partial charge in [-0.2, -0.15) is 0 Å². The van der Waals surface area contributed by atoms with Crippen LogP contribution in [-0.2, 0) is 9.59 Å². The van der Waals surface area contributed by atoms with Crippen LogP contribution in [0.15, 0.2) is 59.6 Å². The topological polar surface area (TPSA) is 84.3 Å². The van der Waals surface area contributed by atoms with E-state index in [-0.39, 0.29) is 10.6 Å². The molecular weight excluding hydrogens is 431 g/mol. The SMILES string of the molecule is Cc1cc(/C=C2/SC(=O)N(CC(=O)Nc3cccc(F)c3)C2=O)c(C)n1-c1ccccn1. The lowest BCUT2D eigenvalue weighted by molar-refractivity contribution is -0.127. The Bertz CT molecular complexity index is 1250. The van der Waals surface area contributed by atoms with E-state index in [2.05, 4.69) is 10.3 Å². The summed E-state index contributed by atoms with van der Waals surface area (Å²) >= 11 is 0.781. The van der Waals surface area contributed by atoms with E-state index in [0.29, 0.717) is 0 Å². The van der Waals surface area contributed by atoms with E-state index in [1.807, 2.05) is 42.7 Å². The number of anilines is 1. The highest BCUT2D eigenvalue weighted by Crippen LogP contribution is 2.33. The van der Waals surface area contributed by atoms with Gasteiger partial charge in [0.2, 0.25) is 5.91 Å². The molecule has 9 heteroatoms. The number of aryl methyl sites for hydroxylation is 1. The molecule has 0 aliphatic carbocycles. The minimum atomic E-state index is -0.590.